The molecule has 1 rings (SSSR count). The minimum Gasteiger partial charge on any atom is -0.323 e. The molecule has 1 aliphatic rings. The maximum atomic E-state index is 12.7. The second-order valence-corrected chi connectivity index (χ2v) is 5.48. The van der Waals surface area contributed by atoms with Gasteiger partial charge in [-0.15, -0.1) is 0 Å². The molecule has 0 spiro atoms. The van der Waals surface area contributed by atoms with Crippen molar-refractivity contribution in [1.82, 2.24) is 10.2 Å². The number of nitrogens with one attached hydrogen (secondary N) is 1. The van der Waals surface area contributed by atoms with Crippen LogP contribution in [-0.4, -0.2) is 34.6 Å². The van der Waals surface area contributed by atoms with Gasteiger partial charge in [-0.1, -0.05) is 11.6 Å². The van der Waals surface area contributed by atoms with Gasteiger partial charge in [0.2, 0.25) is 0 Å². The predicted octanol–water partition coefficient (Wildman–Crippen LogP) is 2.99. The number of imide groups is 1. The van der Waals surface area contributed by atoms with Gasteiger partial charge in [0.15, 0.2) is 0 Å². The van der Waals surface area contributed by atoms with Gasteiger partial charge in [0.25, 0.3) is 5.91 Å². The molecule has 0 aromatic rings. The Morgan fingerprint density at radius 2 is 1.95 bits per heavy atom. The number of amides is 3. The molecule has 2 atom stereocenters. The number of nitrogens with zero attached hydrogens (tertiary/aromatic N) is 1. The molecule has 1 N–H and O–H groups in total. The van der Waals surface area contributed by atoms with E-state index in [9.17, 15) is 22.8 Å². The summed E-state index contributed by atoms with van der Waals surface area (Å²) < 4.78 is 38.0. The van der Waals surface area contributed by atoms with E-state index >= 15 is 0 Å². The molecule has 4 nitrogen and oxygen atoms in total. The number of carbonyl (C=O) groups is 2. The smallest absolute Gasteiger partial charge is 0.323 e. The number of urea groups is 1. The van der Waals surface area contributed by atoms with Gasteiger partial charge in [-0.3, -0.25) is 9.69 Å². The molecule has 0 aromatic heterocycles. The SMILES string of the molecule is CC(C)=CCC[C@@]1(C)NC(=O)N([C@@H](C)C(F)(F)F)C1=O. The predicted molar refractivity (Wildman–Crippen MR) is 68.0 cm³/mol. The van der Waals surface area contributed by atoms with Gasteiger partial charge < -0.3 is 5.32 Å². The topological polar surface area (TPSA) is 49.4 Å². The highest BCUT2D eigenvalue weighted by Gasteiger charge is 2.54. The lowest BCUT2D eigenvalue weighted by atomic mass is 9.95. The van der Waals surface area contributed by atoms with Crippen LogP contribution in [0.1, 0.15) is 40.5 Å². The molecule has 0 unspecified atom stereocenters. The van der Waals surface area contributed by atoms with Crippen molar-refractivity contribution in [3.8, 4) is 0 Å². The summed E-state index contributed by atoms with van der Waals surface area (Å²) in [5.74, 6) is -0.825. The lowest BCUT2D eigenvalue weighted by molar-refractivity contribution is -0.177. The highest BCUT2D eigenvalue weighted by Crippen LogP contribution is 2.31. The van der Waals surface area contributed by atoms with Gasteiger partial charge in [-0.2, -0.15) is 13.2 Å². The molecule has 0 saturated carbocycles. The van der Waals surface area contributed by atoms with Crippen LogP contribution in [0.4, 0.5) is 18.0 Å². The van der Waals surface area contributed by atoms with Gasteiger partial charge >= 0.3 is 12.2 Å². The van der Waals surface area contributed by atoms with Gasteiger partial charge in [0, 0.05) is 0 Å². The second-order valence-electron chi connectivity index (χ2n) is 5.48. The quantitative estimate of drug-likeness (QED) is 0.639. The third-order valence-corrected chi connectivity index (χ3v) is 3.35. The van der Waals surface area contributed by atoms with Crippen molar-refractivity contribution in [1.29, 1.82) is 0 Å². The average molecular weight is 292 g/mol. The molecule has 3 amide bonds. The molecular formula is C13H19F3N2O2. The van der Waals surface area contributed by atoms with Crippen molar-refractivity contribution >= 4 is 11.9 Å². The molecule has 1 fully saturated rings. The summed E-state index contributed by atoms with van der Waals surface area (Å²) in [6, 6.07) is -3.11. The summed E-state index contributed by atoms with van der Waals surface area (Å²) in [5, 5.41) is 2.37. The van der Waals surface area contributed by atoms with Crippen molar-refractivity contribution in [2.45, 2.75) is 58.3 Å². The van der Waals surface area contributed by atoms with E-state index in [4.69, 9.17) is 0 Å². The van der Waals surface area contributed by atoms with E-state index in [-0.39, 0.29) is 11.3 Å². The number of allylic oxidation sites excluding steroid dienone is 2. The lowest BCUT2D eigenvalue weighted by Gasteiger charge is -2.25. The molecule has 1 aliphatic heterocycles. The van der Waals surface area contributed by atoms with Crippen LogP contribution in [0.5, 0.6) is 0 Å². The largest absolute Gasteiger partial charge is 0.409 e. The summed E-state index contributed by atoms with van der Waals surface area (Å²) in [5.41, 5.74) is -0.228. The molecular weight excluding hydrogens is 273 g/mol. The van der Waals surface area contributed by atoms with Gasteiger partial charge in [0.05, 0.1) is 0 Å². The van der Waals surface area contributed by atoms with Crippen molar-refractivity contribution in [3.63, 3.8) is 0 Å². The molecule has 7 heteroatoms. The Morgan fingerprint density at radius 1 is 1.40 bits per heavy atom. The van der Waals surface area contributed by atoms with Crippen molar-refractivity contribution in [2.24, 2.45) is 0 Å². The van der Waals surface area contributed by atoms with Crippen LogP contribution >= 0.6 is 0 Å². The number of hydrogen-bond donors (Lipinski definition) is 1. The third-order valence-electron chi connectivity index (χ3n) is 3.35. The molecule has 0 aliphatic carbocycles. The lowest BCUT2D eigenvalue weighted by Crippen LogP contribution is -2.49. The zero-order valence-electron chi connectivity index (χ0n) is 12.0. The minimum absolute atomic E-state index is 0.266. The molecule has 1 heterocycles. The first-order valence-electron chi connectivity index (χ1n) is 6.35. The number of carbonyl (C=O) groups excluding carboxylic acids is 2. The summed E-state index contributed by atoms with van der Waals surface area (Å²) in [6.07, 6.45) is -1.97. The van der Waals surface area contributed by atoms with Crippen LogP contribution in [0.2, 0.25) is 0 Å². The Kier molecular flexibility index (Phi) is 4.51. The van der Waals surface area contributed by atoms with Crippen LogP contribution in [0, 0.1) is 0 Å². The van der Waals surface area contributed by atoms with Crippen LogP contribution in [0.15, 0.2) is 11.6 Å². The Balaban J connectivity index is 2.88. The van der Waals surface area contributed by atoms with Crippen molar-refractivity contribution in [2.75, 3.05) is 0 Å². The fourth-order valence-electron chi connectivity index (χ4n) is 2.02. The molecule has 20 heavy (non-hydrogen) atoms. The molecule has 114 valence electrons. The van der Waals surface area contributed by atoms with E-state index in [0.29, 0.717) is 6.42 Å². The molecule has 1 saturated heterocycles. The van der Waals surface area contributed by atoms with Crippen molar-refractivity contribution in [3.05, 3.63) is 11.6 Å². The Morgan fingerprint density at radius 3 is 2.40 bits per heavy atom. The fraction of sp³-hybridized carbons (Fsp3) is 0.692. The van der Waals surface area contributed by atoms with E-state index in [1.165, 1.54) is 6.92 Å². The molecule has 0 aromatic carbocycles. The highest BCUT2D eigenvalue weighted by atomic mass is 19.4. The van der Waals surface area contributed by atoms with Gasteiger partial charge in [-0.25, -0.2) is 4.79 Å². The van der Waals surface area contributed by atoms with E-state index in [2.05, 4.69) is 5.32 Å². The summed E-state index contributed by atoms with van der Waals surface area (Å²) >= 11 is 0. The number of halogens is 3. The normalized spacial score (nSPS) is 24.6. The van der Waals surface area contributed by atoms with Crippen LogP contribution in [0.25, 0.3) is 0 Å². The Labute approximate surface area is 116 Å². The second kappa shape index (κ2) is 5.46. The van der Waals surface area contributed by atoms with E-state index in [1.54, 1.807) is 0 Å². The summed E-state index contributed by atoms with van der Waals surface area (Å²) in [6.45, 7) is 6.03. The first-order valence-corrected chi connectivity index (χ1v) is 6.35. The molecule has 0 bridgehead atoms. The Bertz CT molecular complexity index is 441. The highest BCUT2D eigenvalue weighted by molar-refractivity contribution is 6.07. The zero-order valence-corrected chi connectivity index (χ0v) is 12.0. The maximum Gasteiger partial charge on any atom is 0.409 e. The summed E-state index contributed by atoms with van der Waals surface area (Å²) in [4.78, 5) is 24.1. The molecule has 0 radical (unpaired) electrons. The van der Waals surface area contributed by atoms with Gasteiger partial charge in [-0.05, 0) is 40.5 Å². The fourth-order valence-corrected chi connectivity index (χ4v) is 2.02. The zero-order chi connectivity index (χ0) is 15.7. The first kappa shape index (κ1) is 16.5. The van der Waals surface area contributed by atoms with E-state index in [1.807, 2.05) is 19.9 Å². The summed E-state index contributed by atoms with van der Waals surface area (Å²) in [7, 11) is 0. The number of rotatable bonds is 4. The standard InChI is InChI=1S/C13H19F3N2O2/c1-8(2)6-5-7-12(4)10(19)18(11(20)17-12)9(3)13(14,15)16/h6,9H,5,7H2,1-4H3,(H,17,20)/t9-,12+/m0/s1. The number of alkyl halides is 3. The van der Waals surface area contributed by atoms with E-state index in [0.717, 1.165) is 12.5 Å². The van der Waals surface area contributed by atoms with E-state index < -0.39 is 29.7 Å². The monoisotopic (exact) mass is 292 g/mol. The number of hydrogen-bond acceptors (Lipinski definition) is 2. The van der Waals surface area contributed by atoms with Crippen LogP contribution in [-0.2, 0) is 4.79 Å². The van der Waals surface area contributed by atoms with Crippen LogP contribution < -0.4 is 5.32 Å². The third kappa shape index (κ3) is 3.32. The minimum atomic E-state index is -4.63. The first-order chi connectivity index (χ1) is 8.99. The average Bonchev–Trinajstić information content (AvgIpc) is 2.47. The van der Waals surface area contributed by atoms with Crippen molar-refractivity contribution < 1.29 is 22.8 Å². The van der Waals surface area contributed by atoms with Gasteiger partial charge in [0.1, 0.15) is 11.6 Å². The van der Waals surface area contributed by atoms with Crippen LogP contribution in [0.3, 0.4) is 0 Å². The maximum absolute atomic E-state index is 12.7. The Hall–Kier alpha value is -1.53.